The Kier molecular flexibility index (Phi) is 3.68. The molecule has 1 unspecified atom stereocenters. The molecule has 2 nitrogen and oxygen atoms in total. The summed E-state index contributed by atoms with van der Waals surface area (Å²) in [6.07, 6.45) is 7.11. The summed E-state index contributed by atoms with van der Waals surface area (Å²) >= 11 is 0. The van der Waals surface area contributed by atoms with E-state index in [9.17, 15) is 0 Å². The molecule has 2 rings (SSSR count). The van der Waals surface area contributed by atoms with Gasteiger partial charge in [0.2, 0.25) is 0 Å². The second-order valence-electron chi connectivity index (χ2n) is 5.80. The number of rotatable bonds is 1. The van der Waals surface area contributed by atoms with Crippen molar-refractivity contribution in [2.45, 2.75) is 52.0 Å². The Balaban J connectivity index is 2.02. The SMILES string of the molecule is CC(C)N1CCCCC2(CCCNC2)C1. The molecule has 88 valence electrons. The van der Waals surface area contributed by atoms with Crippen LogP contribution in [0.4, 0.5) is 0 Å². The van der Waals surface area contributed by atoms with Gasteiger partial charge in [-0.2, -0.15) is 0 Å². The van der Waals surface area contributed by atoms with Crippen LogP contribution in [0.2, 0.25) is 0 Å². The molecule has 0 amide bonds. The maximum atomic E-state index is 3.61. The number of hydrogen-bond donors (Lipinski definition) is 1. The summed E-state index contributed by atoms with van der Waals surface area (Å²) in [5.41, 5.74) is 0.610. The summed E-state index contributed by atoms with van der Waals surface area (Å²) < 4.78 is 0. The average Bonchev–Trinajstić information content (AvgIpc) is 2.43. The maximum absolute atomic E-state index is 3.61. The molecule has 0 radical (unpaired) electrons. The van der Waals surface area contributed by atoms with Crippen molar-refractivity contribution in [2.24, 2.45) is 5.41 Å². The molecule has 1 N–H and O–H groups in total. The molecule has 0 saturated carbocycles. The van der Waals surface area contributed by atoms with Gasteiger partial charge in [-0.25, -0.2) is 0 Å². The van der Waals surface area contributed by atoms with Crippen LogP contribution in [0.15, 0.2) is 0 Å². The van der Waals surface area contributed by atoms with E-state index in [0.717, 1.165) is 6.04 Å². The molecule has 2 aliphatic heterocycles. The molecule has 0 aromatic heterocycles. The number of nitrogens with one attached hydrogen (secondary N) is 1. The summed E-state index contributed by atoms with van der Waals surface area (Å²) in [6.45, 7) is 9.83. The first kappa shape index (κ1) is 11.4. The van der Waals surface area contributed by atoms with E-state index in [2.05, 4.69) is 24.1 Å². The predicted octanol–water partition coefficient (Wildman–Crippen LogP) is 2.25. The molecule has 2 heterocycles. The minimum Gasteiger partial charge on any atom is -0.316 e. The minimum atomic E-state index is 0.610. The largest absolute Gasteiger partial charge is 0.316 e. The Morgan fingerprint density at radius 1 is 1.13 bits per heavy atom. The number of nitrogens with zero attached hydrogens (tertiary/aromatic N) is 1. The van der Waals surface area contributed by atoms with E-state index in [4.69, 9.17) is 0 Å². The van der Waals surface area contributed by atoms with Crippen LogP contribution in [0.1, 0.15) is 46.0 Å². The van der Waals surface area contributed by atoms with Crippen molar-refractivity contribution in [3.63, 3.8) is 0 Å². The second kappa shape index (κ2) is 4.84. The lowest BCUT2D eigenvalue weighted by molar-refractivity contribution is 0.107. The van der Waals surface area contributed by atoms with Gasteiger partial charge in [0.05, 0.1) is 0 Å². The molecule has 1 atom stereocenters. The molecule has 2 saturated heterocycles. The molecule has 1 spiro atoms. The minimum absolute atomic E-state index is 0.610. The van der Waals surface area contributed by atoms with Crippen LogP contribution in [0, 0.1) is 5.41 Å². The third-order valence-electron chi connectivity index (χ3n) is 4.23. The normalized spacial score (nSPS) is 34.6. The van der Waals surface area contributed by atoms with Crippen molar-refractivity contribution >= 4 is 0 Å². The van der Waals surface area contributed by atoms with Crippen molar-refractivity contribution < 1.29 is 0 Å². The quantitative estimate of drug-likeness (QED) is 0.714. The van der Waals surface area contributed by atoms with Gasteiger partial charge in [0.1, 0.15) is 0 Å². The Bertz CT molecular complexity index is 195. The Hall–Kier alpha value is -0.0800. The van der Waals surface area contributed by atoms with Gasteiger partial charge in [0.25, 0.3) is 0 Å². The molecule has 2 heteroatoms. The van der Waals surface area contributed by atoms with Crippen molar-refractivity contribution in [3.8, 4) is 0 Å². The molecule has 0 aromatic carbocycles. The van der Waals surface area contributed by atoms with Crippen molar-refractivity contribution in [1.82, 2.24) is 10.2 Å². The predicted molar refractivity (Wildman–Crippen MR) is 65.1 cm³/mol. The Labute approximate surface area is 94.4 Å². The van der Waals surface area contributed by atoms with E-state index in [1.54, 1.807) is 0 Å². The van der Waals surface area contributed by atoms with Gasteiger partial charge < -0.3 is 10.2 Å². The van der Waals surface area contributed by atoms with E-state index in [0.29, 0.717) is 5.41 Å². The number of piperidine rings is 1. The van der Waals surface area contributed by atoms with Crippen LogP contribution in [-0.4, -0.2) is 37.1 Å². The Morgan fingerprint density at radius 2 is 1.93 bits per heavy atom. The van der Waals surface area contributed by atoms with Gasteiger partial charge in [-0.1, -0.05) is 6.42 Å². The van der Waals surface area contributed by atoms with E-state index < -0.39 is 0 Å². The number of hydrogen-bond acceptors (Lipinski definition) is 2. The highest BCUT2D eigenvalue weighted by atomic mass is 15.2. The van der Waals surface area contributed by atoms with Crippen LogP contribution in [0.5, 0.6) is 0 Å². The van der Waals surface area contributed by atoms with Crippen LogP contribution in [-0.2, 0) is 0 Å². The van der Waals surface area contributed by atoms with E-state index in [1.807, 2.05) is 0 Å². The van der Waals surface area contributed by atoms with Gasteiger partial charge in [0.15, 0.2) is 0 Å². The summed E-state index contributed by atoms with van der Waals surface area (Å²) in [6, 6.07) is 0.724. The van der Waals surface area contributed by atoms with E-state index in [-0.39, 0.29) is 0 Å². The highest BCUT2D eigenvalue weighted by Gasteiger charge is 2.35. The zero-order valence-electron chi connectivity index (χ0n) is 10.4. The lowest BCUT2D eigenvalue weighted by atomic mass is 9.77. The fourth-order valence-corrected chi connectivity index (χ4v) is 3.22. The maximum Gasteiger partial charge on any atom is 0.00529 e. The van der Waals surface area contributed by atoms with Crippen LogP contribution in [0.25, 0.3) is 0 Å². The number of likely N-dealkylation sites (tertiary alicyclic amines) is 1. The van der Waals surface area contributed by atoms with Crippen LogP contribution < -0.4 is 5.32 Å². The second-order valence-corrected chi connectivity index (χ2v) is 5.80. The molecule has 15 heavy (non-hydrogen) atoms. The zero-order chi connectivity index (χ0) is 10.7. The summed E-state index contributed by atoms with van der Waals surface area (Å²) in [5, 5.41) is 3.61. The van der Waals surface area contributed by atoms with Gasteiger partial charge in [-0.15, -0.1) is 0 Å². The summed E-state index contributed by atoms with van der Waals surface area (Å²) in [4.78, 5) is 2.69. The molecule has 0 aliphatic carbocycles. The fraction of sp³-hybridized carbons (Fsp3) is 1.00. The molecule has 2 fully saturated rings. The summed E-state index contributed by atoms with van der Waals surface area (Å²) in [5.74, 6) is 0. The lowest BCUT2D eigenvalue weighted by Gasteiger charge is -2.41. The average molecular weight is 210 g/mol. The lowest BCUT2D eigenvalue weighted by Crippen LogP contribution is -2.48. The first-order chi connectivity index (χ1) is 7.22. The highest BCUT2D eigenvalue weighted by molar-refractivity contribution is 4.90. The monoisotopic (exact) mass is 210 g/mol. The zero-order valence-corrected chi connectivity index (χ0v) is 10.4. The van der Waals surface area contributed by atoms with Crippen molar-refractivity contribution in [3.05, 3.63) is 0 Å². The van der Waals surface area contributed by atoms with Crippen molar-refractivity contribution in [1.29, 1.82) is 0 Å². The summed E-state index contributed by atoms with van der Waals surface area (Å²) in [7, 11) is 0. The first-order valence-corrected chi connectivity index (χ1v) is 6.67. The van der Waals surface area contributed by atoms with Crippen molar-refractivity contribution in [2.75, 3.05) is 26.2 Å². The Morgan fingerprint density at radius 3 is 2.60 bits per heavy atom. The van der Waals surface area contributed by atoms with Crippen LogP contribution >= 0.6 is 0 Å². The van der Waals surface area contributed by atoms with E-state index in [1.165, 1.54) is 58.3 Å². The molecule has 2 aliphatic rings. The third kappa shape index (κ3) is 2.73. The molecular formula is C13H26N2. The smallest absolute Gasteiger partial charge is 0.00529 e. The third-order valence-corrected chi connectivity index (χ3v) is 4.23. The topological polar surface area (TPSA) is 15.3 Å². The fourth-order valence-electron chi connectivity index (χ4n) is 3.22. The van der Waals surface area contributed by atoms with Gasteiger partial charge in [0, 0.05) is 19.1 Å². The van der Waals surface area contributed by atoms with Crippen LogP contribution in [0.3, 0.4) is 0 Å². The molecule has 0 bridgehead atoms. The standard InChI is InChI=1S/C13H26N2/c1-12(2)15-9-4-3-6-13(11-15)7-5-8-14-10-13/h12,14H,3-11H2,1-2H3. The van der Waals surface area contributed by atoms with Gasteiger partial charge >= 0.3 is 0 Å². The molecule has 0 aromatic rings. The first-order valence-electron chi connectivity index (χ1n) is 6.67. The van der Waals surface area contributed by atoms with Gasteiger partial charge in [-0.3, -0.25) is 0 Å². The van der Waals surface area contributed by atoms with E-state index >= 15 is 0 Å². The van der Waals surface area contributed by atoms with Gasteiger partial charge in [-0.05, 0) is 58.0 Å². The molecular weight excluding hydrogens is 184 g/mol. The highest BCUT2D eigenvalue weighted by Crippen LogP contribution is 2.35.